The summed E-state index contributed by atoms with van der Waals surface area (Å²) >= 11 is 0. The molecule has 3 heterocycles. The number of halogens is 1. The molecule has 1 amide bonds. The summed E-state index contributed by atoms with van der Waals surface area (Å²) < 4.78 is 25.2. The Balaban J connectivity index is 1.47. The fourth-order valence-corrected chi connectivity index (χ4v) is 5.45. The van der Waals surface area contributed by atoms with Crippen LogP contribution < -0.4 is 15.4 Å². The third-order valence-corrected chi connectivity index (χ3v) is 7.29. The van der Waals surface area contributed by atoms with Gasteiger partial charge in [0.05, 0.1) is 12.1 Å². The fourth-order valence-electron chi connectivity index (χ4n) is 5.45. The van der Waals surface area contributed by atoms with Gasteiger partial charge in [-0.2, -0.15) is 0 Å². The SMILES string of the molecule is CC=CC[C@H](NC(=O)[C@H]1CCC(=O)O1)[C@H](O)CN[C@H]1CC2(CC(F)C2)Oc2ncc(CC(C)(C)C)cc21. The van der Waals surface area contributed by atoms with Crippen LogP contribution in [-0.2, 0) is 20.7 Å². The van der Waals surface area contributed by atoms with Crippen molar-refractivity contribution in [2.24, 2.45) is 5.41 Å². The third-order valence-electron chi connectivity index (χ3n) is 7.29. The molecule has 1 saturated heterocycles. The average Bonchev–Trinajstić information content (AvgIpc) is 3.24. The number of amides is 1. The Labute approximate surface area is 218 Å². The molecule has 8 nitrogen and oxygen atoms in total. The van der Waals surface area contributed by atoms with Gasteiger partial charge in [-0.15, -0.1) is 0 Å². The molecule has 1 aromatic heterocycles. The Bertz CT molecular complexity index is 1020. The van der Waals surface area contributed by atoms with Crippen LogP contribution in [0.3, 0.4) is 0 Å². The largest absolute Gasteiger partial charge is 0.471 e. The molecule has 3 aliphatic rings. The van der Waals surface area contributed by atoms with E-state index in [1.54, 1.807) is 0 Å². The molecule has 1 aromatic rings. The molecular weight excluding hydrogens is 477 g/mol. The van der Waals surface area contributed by atoms with Gasteiger partial charge >= 0.3 is 5.97 Å². The number of aliphatic hydroxyl groups excluding tert-OH is 1. The molecule has 0 unspecified atom stereocenters. The summed E-state index contributed by atoms with van der Waals surface area (Å²) in [5.41, 5.74) is 1.51. The quantitative estimate of drug-likeness (QED) is 0.340. The van der Waals surface area contributed by atoms with Crippen LogP contribution in [0.1, 0.15) is 83.4 Å². The molecule has 3 N–H and O–H groups in total. The number of rotatable bonds is 9. The van der Waals surface area contributed by atoms with Crippen molar-refractivity contribution in [1.82, 2.24) is 15.6 Å². The van der Waals surface area contributed by atoms with Crippen molar-refractivity contribution in [3.8, 4) is 5.88 Å². The van der Waals surface area contributed by atoms with Crippen molar-refractivity contribution in [1.29, 1.82) is 0 Å². The number of esters is 1. The summed E-state index contributed by atoms with van der Waals surface area (Å²) in [6.07, 6.45) is 6.07. The van der Waals surface area contributed by atoms with Crippen molar-refractivity contribution in [2.75, 3.05) is 6.54 Å². The molecular formula is C28H40FN3O5. The lowest BCUT2D eigenvalue weighted by Crippen LogP contribution is -2.55. The summed E-state index contributed by atoms with van der Waals surface area (Å²) in [6.45, 7) is 8.59. The molecule has 1 saturated carbocycles. The first-order valence-electron chi connectivity index (χ1n) is 13.3. The predicted molar refractivity (Wildman–Crippen MR) is 137 cm³/mol. The first-order chi connectivity index (χ1) is 17.5. The highest BCUT2D eigenvalue weighted by atomic mass is 19.1. The van der Waals surface area contributed by atoms with E-state index in [2.05, 4.69) is 42.5 Å². The van der Waals surface area contributed by atoms with Crippen molar-refractivity contribution >= 4 is 11.9 Å². The zero-order chi connectivity index (χ0) is 26.8. The fraction of sp³-hybridized carbons (Fsp3) is 0.679. The van der Waals surface area contributed by atoms with Gasteiger partial charge in [0.1, 0.15) is 11.8 Å². The molecule has 4 atom stereocenters. The van der Waals surface area contributed by atoms with Crippen LogP contribution in [-0.4, -0.2) is 58.5 Å². The molecule has 4 rings (SSSR count). The van der Waals surface area contributed by atoms with E-state index in [1.807, 2.05) is 25.3 Å². The molecule has 204 valence electrons. The van der Waals surface area contributed by atoms with Crippen molar-refractivity contribution in [3.63, 3.8) is 0 Å². The van der Waals surface area contributed by atoms with Crippen LogP contribution in [0.2, 0.25) is 0 Å². The molecule has 2 aliphatic heterocycles. The molecule has 1 spiro atoms. The Morgan fingerprint density at radius 1 is 1.35 bits per heavy atom. The van der Waals surface area contributed by atoms with Crippen LogP contribution in [0.25, 0.3) is 0 Å². The smallest absolute Gasteiger partial charge is 0.306 e. The van der Waals surface area contributed by atoms with E-state index in [0.717, 1.165) is 17.5 Å². The molecule has 0 radical (unpaired) electrons. The number of hydrogen-bond donors (Lipinski definition) is 3. The average molecular weight is 518 g/mol. The summed E-state index contributed by atoms with van der Waals surface area (Å²) in [6, 6.07) is 1.36. The monoisotopic (exact) mass is 517 g/mol. The van der Waals surface area contributed by atoms with E-state index in [4.69, 9.17) is 9.47 Å². The summed E-state index contributed by atoms with van der Waals surface area (Å²) in [5, 5.41) is 17.4. The number of pyridine rings is 1. The molecule has 1 aliphatic carbocycles. The molecule has 0 aromatic carbocycles. The second kappa shape index (κ2) is 11.1. The Morgan fingerprint density at radius 2 is 2.11 bits per heavy atom. The highest BCUT2D eigenvalue weighted by Gasteiger charge is 2.51. The lowest BCUT2D eigenvalue weighted by Gasteiger charge is -2.49. The molecule has 2 fully saturated rings. The van der Waals surface area contributed by atoms with Gasteiger partial charge in [0.25, 0.3) is 5.91 Å². The van der Waals surface area contributed by atoms with Gasteiger partial charge in [-0.05, 0) is 36.8 Å². The zero-order valence-corrected chi connectivity index (χ0v) is 22.3. The van der Waals surface area contributed by atoms with Crippen LogP contribution in [0.4, 0.5) is 4.39 Å². The lowest BCUT2D eigenvalue weighted by atomic mass is 9.72. The van der Waals surface area contributed by atoms with Crippen LogP contribution in [0.15, 0.2) is 24.4 Å². The van der Waals surface area contributed by atoms with Crippen molar-refractivity contribution < 1.29 is 28.6 Å². The number of allylic oxidation sites excluding steroid dienone is 1. The number of carbonyl (C=O) groups is 2. The van der Waals surface area contributed by atoms with Gasteiger partial charge in [-0.1, -0.05) is 32.9 Å². The van der Waals surface area contributed by atoms with Gasteiger partial charge in [-0.3, -0.25) is 9.59 Å². The maximum absolute atomic E-state index is 13.9. The summed E-state index contributed by atoms with van der Waals surface area (Å²) in [7, 11) is 0. The highest BCUT2D eigenvalue weighted by Crippen LogP contribution is 2.49. The van der Waals surface area contributed by atoms with E-state index >= 15 is 0 Å². The first-order valence-corrected chi connectivity index (χ1v) is 13.3. The topological polar surface area (TPSA) is 110 Å². The van der Waals surface area contributed by atoms with Gasteiger partial charge in [-0.25, -0.2) is 9.37 Å². The van der Waals surface area contributed by atoms with E-state index in [1.165, 1.54) is 0 Å². The second-order valence-electron chi connectivity index (χ2n) is 11.9. The van der Waals surface area contributed by atoms with Crippen LogP contribution in [0.5, 0.6) is 5.88 Å². The minimum atomic E-state index is -0.902. The Morgan fingerprint density at radius 3 is 2.73 bits per heavy atom. The van der Waals surface area contributed by atoms with E-state index in [9.17, 15) is 19.1 Å². The zero-order valence-electron chi connectivity index (χ0n) is 22.3. The number of carbonyl (C=O) groups excluding carboxylic acids is 2. The number of aliphatic hydroxyl groups is 1. The van der Waals surface area contributed by atoms with Crippen LogP contribution >= 0.6 is 0 Å². The number of hydrogen-bond acceptors (Lipinski definition) is 7. The van der Waals surface area contributed by atoms with E-state index in [0.29, 0.717) is 38.0 Å². The number of nitrogens with one attached hydrogen (secondary N) is 2. The van der Waals surface area contributed by atoms with Crippen molar-refractivity contribution in [3.05, 3.63) is 35.5 Å². The van der Waals surface area contributed by atoms with Crippen LogP contribution in [0, 0.1) is 5.41 Å². The molecule has 37 heavy (non-hydrogen) atoms. The Kier molecular flexibility index (Phi) is 8.23. The minimum Gasteiger partial charge on any atom is -0.471 e. The predicted octanol–water partition coefficient (Wildman–Crippen LogP) is 3.47. The lowest BCUT2D eigenvalue weighted by molar-refractivity contribution is -0.148. The number of alkyl halides is 1. The van der Waals surface area contributed by atoms with Gasteiger partial charge < -0.3 is 25.2 Å². The number of fused-ring (bicyclic) bond motifs is 1. The van der Waals surface area contributed by atoms with Crippen molar-refractivity contribution in [2.45, 2.75) is 109 Å². The summed E-state index contributed by atoms with van der Waals surface area (Å²) in [4.78, 5) is 28.7. The van der Waals surface area contributed by atoms with Gasteiger partial charge in [0.2, 0.25) is 5.88 Å². The maximum Gasteiger partial charge on any atom is 0.306 e. The molecule has 0 bridgehead atoms. The maximum atomic E-state index is 13.9. The van der Waals surface area contributed by atoms with E-state index < -0.39 is 35.9 Å². The standard InChI is InChI=1S/C28H40FN3O5/c1-5-6-7-20(32-25(35)23-8-9-24(34)36-23)22(33)16-30-21-14-28(12-18(29)13-28)37-26-19(21)10-17(15-31-26)11-27(2,3)4/h5-6,10,15,18,20-23,30,33H,7-9,11-14,16H2,1-4H3,(H,32,35)/t18?,20-,21-,22+,23+,28?/m0/s1. The van der Waals surface area contributed by atoms with Gasteiger partial charge in [0, 0.05) is 56.5 Å². The number of nitrogens with zero attached hydrogens (tertiary/aromatic N) is 1. The molecule has 9 heteroatoms. The number of cyclic esters (lactones) is 1. The third kappa shape index (κ3) is 6.87. The van der Waals surface area contributed by atoms with E-state index in [-0.39, 0.29) is 30.4 Å². The second-order valence-corrected chi connectivity index (χ2v) is 11.9. The normalized spacial score (nSPS) is 28.8. The summed E-state index contributed by atoms with van der Waals surface area (Å²) in [5.74, 6) is -0.260. The highest BCUT2D eigenvalue weighted by molar-refractivity contribution is 5.86. The van der Waals surface area contributed by atoms with Gasteiger partial charge in [0.15, 0.2) is 6.10 Å². The Hall–Kier alpha value is -2.52. The number of ether oxygens (including phenoxy) is 2. The minimum absolute atomic E-state index is 0.0903. The first kappa shape index (κ1) is 27.5. The number of aromatic nitrogens is 1.